The zero-order valence-electron chi connectivity index (χ0n) is 14.9. The van der Waals surface area contributed by atoms with Gasteiger partial charge in [-0.05, 0) is 38.5 Å². The molecule has 6 heteroatoms. The molecule has 0 bridgehead atoms. The molecule has 0 amide bonds. The molecule has 5 nitrogen and oxygen atoms in total. The first kappa shape index (κ1) is 19.0. The predicted molar refractivity (Wildman–Crippen MR) is 101 cm³/mol. The summed E-state index contributed by atoms with van der Waals surface area (Å²) in [6.07, 6.45) is 0. The number of hydrogen-bond acceptors (Lipinski definition) is 3. The monoisotopic (exact) mass is 352 g/mol. The highest BCUT2D eigenvalue weighted by atomic mass is 35.5. The number of halogens is 1. The van der Waals surface area contributed by atoms with E-state index in [0.717, 1.165) is 43.8 Å². The number of aliphatic imine (C=N–C) groups is 1. The van der Waals surface area contributed by atoms with E-state index in [4.69, 9.17) is 21.3 Å². The molecule has 0 aliphatic carbocycles. The maximum atomic E-state index is 6.21. The van der Waals surface area contributed by atoms with Gasteiger partial charge in [-0.3, -0.25) is 9.89 Å². The Bertz CT molecular complexity index is 530. The van der Waals surface area contributed by atoms with Crippen LogP contribution in [0.4, 0.5) is 0 Å². The van der Waals surface area contributed by atoms with Crippen LogP contribution in [0.3, 0.4) is 0 Å². The quantitative estimate of drug-likeness (QED) is 0.610. The molecule has 1 aliphatic rings. The zero-order valence-corrected chi connectivity index (χ0v) is 15.6. The number of rotatable bonds is 6. The van der Waals surface area contributed by atoms with E-state index >= 15 is 0 Å². The molecule has 2 rings (SSSR count). The van der Waals surface area contributed by atoms with Crippen molar-refractivity contribution < 1.29 is 4.74 Å². The molecule has 1 aromatic carbocycles. The predicted octanol–water partition coefficient (Wildman–Crippen LogP) is 2.68. The third kappa shape index (κ3) is 5.96. The molecule has 2 N–H and O–H groups in total. The number of morpholine rings is 1. The summed E-state index contributed by atoms with van der Waals surface area (Å²) in [5, 5.41) is 7.44. The molecule has 1 aliphatic heterocycles. The van der Waals surface area contributed by atoms with Crippen LogP contribution in [0.15, 0.2) is 29.3 Å². The van der Waals surface area contributed by atoms with Crippen molar-refractivity contribution in [3.05, 3.63) is 34.9 Å². The first-order chi connectivity index (χ1) is 11.6. The summed E-state index contributed by atoms with van der Waals surface area (Å²) < 4.78 is 5.50. The van der Waals surface area contributed by atoms with Gasteiger partial charge in [0.25, 0.3) is 0 Å². The van der Waals surface area contributed by atoms with E-state index in [-0.39, 0.29) is 6.04 Å². The van der Waals surface area contributed by atoms with Gasteiger partial charge >= 0.3 is 0 Å². The van der Waals surface area contributed by atoms with E-state index < -0.39 is 0 Å². The van der Waals surface area contributed by atoms with Gasteiger partial charge in [-0.25, -0.2) is 0 Å². The van der Waals surface area contributed by atoms with Crippen LogP contribution in [0.25, 0.3) is 0 Å². The smallest absolute Gasteiger partial charge is 0.191 e. The second kappa shape index (κ2) is 9.87. The van der Waals surface area contributed by atoms with Crippen LogP contribution in [0.1, 0.15) is 32.4 Å². The summed E-state index contributed by atoms with van der Waals surface area (Å²) in [6.45, 7) is 11.2. The lowest BCUT2D eigenvalue weighted by atomic mass is 10.0. The number of nitrogens with zero attached hydrogens (tertiary/aromatic N) is 2. The van der Waals surface area contributed by atoms with Crippen LogP contribution in [0.5, 0.6) is 0 Å². The van der Waals surface area contributed by atoms with Crippen molar-refractivity contribution in [1.82, 2.24) is 15.5 Å². The first-order valence-corrected chi connectivity index (χ1v) is 9.10. The fraction of sp³-hybridized carbons (Fsp3) is 0.611. The van der Waals surface area contributed by atoms with Gasteiger partial charge in [0.2, 0.25) is 0 Å². The lowest BCUT2D eigenvalue weighted by Crippen LogP contribution is -2.43. The zero-order chi connectivity index (χ0) is 17.4. The molecule has 1 fully saturated rings. The summed E-state index contributed by atoms with van der Waals surface area (Å²) in [6, 6.07) is 8.64. The second-order valence-electron chi connectivity index (χ2n) is 6.24. The average Bonchev–Trinajstić information content (AvgIpc) is 2.56. The molecule has 1 atom stereocenters. The molecule has 0 saturated carbocycles. The topological polar surface area (TPSA) is 48.9 Å². The van der Waals surface area contributed by atoms with E-state index in [0.29, 0.717) is 12.6 Å². The standard InChI is InChI=1S/C18H29ClN4O/c1-4-20-18(22-14(2)3)21-13-17(23-8-10-24-11-9-23)15-6-5-7-16(19)12-15/h5-7,12,14,17H,4,8-11,13H2,1-3H3,(H2,20,21,22). The van der Waals surface area contributed by atoms with Crippen molar-refractivity contribution >= 4 is 17.6 Å². The van der Waals surface area contributed by atoms with E-state index in [9.17, 15) is 0 Å². The third-order valence-electron chi connectivity index (χ3n) is 3.91. The van der Waals surface area contributed by atoms with Gasteiger partial charge in [0.05, 0.1) is 25.8 Å². The minimum Gasteiger partial charge on any atom is -0.379 e. The third-order valence-corrected chi connectivity index (χ3v) is 4.15. The van der Waals surface area contributed by atoms with Crippen molar-refractivity contribution in [2.45, 2.75) is 32.9 Å². The molecule has 134 valence electrons. The van der Waals surface area contributed by atoms with Crippen LogP contribution in [-0.4, -0.2) is 56.3 Å². The van der Waals surface area contributed by atoms with Gasteiger partial charge in [0.1, 0.15) is 0 Å². The Hall–Kier alpha value is -1.30. The molecule has 0 radical (unpaired) electrons. The van der Waals surface area contributed by atoms with E-state index in [1.807, 2.05) is 18.2 Å². The number of guanidine groups is 1. The summed E-state index contributed by atoms with van der Waals surface area (Å²) in [7, 11) is 0. The maximum absolute atomic E-state index is 6.21. The highest BCUT2D eigenvalue weighted by molar-refractivity contribution is 6.30. The minimum absolute atomic E-state index is 0.204. The Morgan fingerprint density at radius 3 is 2.71 bits per heavy atom. The molecule has 1 aromatic rings. The van der Waals surface area contributed by atoms with Crippen molar-refractivity contribution in [3.63, 3.8) is 0 Å². The Labute approximate surface area is 150 Å². The molecule has 1 unspecified atom stereocenters. The van der Waals surface area contributed by atoms with Crippen LogP contribution in [-0.2, 0) is 4.74 Å². The second-order valence-corrected chi connectivity index (χ2v) is 6.67. The molecule has 24 heavy (non-hydrogen) atoms. The van der Waals surface area contributed by atoms with Gasteiger partial charge in [-0.2, -0.15) is 0 Å². The molecular formula is C18H29ClN4O. The Balaban J connectivity index is 2.18. The Morgan fingerprint density at radius 2 is 2.08 bits per heavy atom. The summed E-state index contributed by atoms with van der Waals surface area (Å²) in [5.41, 5.74) is 1.20. The number of hydrogen-bond donors (Lipinski definition) is 2. The minimum atomic E-state index is 0.204. The number of benzene rings is 1. The van der Waals surface area contributed by atoms with Gasteiger partial charge < -0.3 is 15.4 Å². The Kier molecular flexibility index (Phi) is 7.82. The Morgan fingerprint density at radius 1 is 1.33 bits per heavy atom. The largest absolute Gasteiger partial charge is 0.379 e. The summed E-state index contributed by atoms with van der Waals surface area (Å²) in [5.74, 6) is 0.854. The lowest BCUT2D eigenvalue weighted by Gasteiger charge is -2.34. The number of ether oxygens (including phenoxy) is 1. The van der Waals surface area contributed by atoms with Crippen molar-refractivity contribution in [2.75, 3.05) is 39.4 Å². The maximum Gasteiger partial charge on any atom is 0.191 e. The normalized spacial score (nSPS) is 17.8. The van der Waals surface area contributed by atoms with E-state index in [1.165, 1.54) is 5.56 Å². The van der Waals surface area contributed by atoms with Crippen molar-refractivity contribution in [2.24, 2.45) is 4.99 Å². The fourth-order valence-corrected chi connectivity index (χ4v) is 3.00. The van der Waals surface area contributed by atoms with Gasteiger partial charge in [0.15, 0.2) is 5.96 Å². The van der Waals surface area contributed by atoms with E-state index in [1.54, 1.807) is 0 Å². The highest BCUT2D eigenvalue weighted by Crippen LogP contribution is 2.24. The molecular weight excluding hydrogens is 324 g/mol. The fourth-order valence-electron chi connectivity index (χ4n) is 2.81. The number of nitrogens with one attached hydrogen (secondary N) is 2. The van der Waals surface area contributed by atoms with Crippen LogP contribution < -0.4 is 10.6 Å². The lowest BCUT2D eigenvalue weighted by molar-refractivity contribution is 0.0180. The van der Waals surface area contributed by atoms with Crippen LogP contribution >= 0.6 is 11.6 Å². The van der Waals surface area contributed by atoms with Crippen LogP contribution in [0.2, 0.25) is 5.02 Å². The average molecular weight is 353 g/mol. The van der Waals surface area contributed by atoms with E-state index in [2.05, 4.69) is 42.4 Å². The van der Waals surface area contributed by atoms with Gasteiger partial charge in [-0.1, -0.05) is 23.7 Å². The van der Waals surface area contributed by atoms with Crippen molar-refractivity contribution in [3.8, 4) is 0 Å². The molecule has 0 aromatic heterocycles. The highest BCUT2D eigenvalue weighted by Gasteiger charge is 2.22. The van der Waals surface area contributed by atoms with Gasteiger partial charge in [0, 0.05) is 30.7 Å². The van der Waals surface area contributed by atoms with Crippen molar-refractivity contribution in [1.29, 1.82) is 0 Å². The summed E-state index contributed by atoms with van der Waals surface area (Å²) in [4.78, 5) is 7.23. The first-order valence-electron chi connectivity index (χ1n) is 8.72. The summed E-state index contributed by atoms with van der Waals surface area (Å²) >= 11 is 6.21. The molecule has 0 spiro atoms. The van der Waals surface area contributed by atoms with Gasteiger partial charge in [-0.15, -0.1) is 0 Å². The van der Waals surface area contributed by atoms with Crippen LogP contribution in [0, 0.1) is 0 Å². The SMILES string of the molecule is CCNC(=NCC(c1cccc(Cl)c1)N1CCOCC1)NC(C)C. The molecule has 1 saturated heterocycles. The molecule has 1 heterocycles.